The van der Waals surface area contributed by atoms with Gasteiger partial charge in [-0.25, -0.2) is 14.2 Å². The van der Waals surface area contributed by atoms with Gasteiger partial charge in [0.2, 0.25) is 5.88 Å². The van der Waals surface area contributed by atoms with E-state index in [0.717, 1.165) is 12.2 Å². The molecular formula is C30H46ClFN6O3. The molecule has 0 radical (unpaired) electrons. The second kappa shape index (κ2) is 14.3. The Morgan fingerprint density at radius 3 is 2.39 bits per heavy atom. The first-order valence-electron chi connectivity index (χ1n) is 14.4. The van der Waals surface area contributed by atoms with Crippen molar-refractivity contribution in [1.82, 2.24) is 19.8 Å². The fourth-order valence-corrected chi connectivity index (χ4v) is 5.16. The van der Waals surface area contributed by atoms with E-state index >= 15 is 4.39 Å². The second-order valence-corrected chi connectivity index (χ2v) is 11.4. The van der Waals surface area contributed by atoms with E-state index in [1.54, 1.807) is 25.7 Å². The molecule has 0 saturated carbocycles. The van der Waals surface area contributed by atoms with Gasteiger partial charge in [0.1, 0.15) is 17.5 Å². The highest BCUT2D eigenvalue weighted by atomic mass is 35.5. The normalized spacial score (nSPS) is 19.6. The highest BCUT2D eigenvalue weighted by Crippen LogP contribution is 2.43. The summed E-state index contributed by atoms with van der Waals surface area (Å²) in [4.78, 5) is 28.1. The van der Waals surface area contributed by atoms with Crippen molar-refractivity contribution >= 4 is 34.3 Å². The number of carbonyl (C=O) groups excluding carboxylic acids is 1. The van der Waals surface area contributed by atoms with Crippen LogP contribution in [0.15, 0.2) is 0 Å². The molecule has 2 aromatic rings. The summed E-state index contributed by atoms with van der Waals surface area (Å²) in [6, 6.07) is 1.42. The second-order valence-electron chi connectivity index (χ2n) is 11.0. The minimum Gasteiger partial charge on any atom is -0.472 e. The summed E-state index contributed by atoms with van der Waals surface area (Å²) in [7, 11) is 3.94. The molecule has 1 fully saturated rings. The van der Waals surface area contributed by atoms with Crippen molar-refractivity contribution in [2.24, 2.45) is 0 Å². The largest absolute Gasteiger partial charge is 0.472 e. The van der Waals surface area contributed by atoms with Crippen LogP contribution in [0, 0.1) is 24.1 Å². The Morgan fingerprint density at radius 2 is 1.83 bits per heavy atom. The summed E-state index contributed by atoms with van der Waals surface area (Å²) in [6.07, 6.45) is -0.204. The smallest absolute Gasteiger partial charge is 0.410 e. The number of aryl methyl sites for hydroxylation is 1. The molecule has 2 aliphatic heterocycles. The standard InChI is InChI=1S/C26H34ClFN6O3.2C2H6/c1-14-17(9-11-32(6)7)30-23-20-19(14)21(28)22(27)31-24(20)36-15(2)18-13-33(25(35)37-26(3,4)5)16(8-10-29)12-34(18)23;2*1-2/h15-16,18H,8-9,11-13H2,1-7H3;2*1-2H3. The van der Waals surface area contributed by atoms with Gasteiger partial charge in [0.05, 0.1) is 30.0 Å². The van der Waals surface area contributed by atoms with E-state index in [9.17, 15) is 10.1 Å². The molecule has 2 aliphatic rings. The Kier molecular flexibility index (Phi) is 12.0. The van der Waals surface area contributed by atoms with Crippen LogP contribution in [0.3, 0.4) is 0 Å². The highest BCUT2D eigenvalue weighted by Gasteiger charge is 2.44. The number of pyridine rings is 2. The number of nitrogens with zero attached hydrogens (tertiary/aromatic N) is 6. The molecule has 0 aromatic carbocycles. The van der Waals surface area contributed by atoms with Gasteiger partial charge < -0.3 is 24.2 Å². The number of aromatic nitrogens is 2. The van der Waals surface area contributed by atoms with Crippen molar-refractivity contribution in [2.75, 3.05) is 38.6 Å². The van der Waals surface area contributed by atoms with Crippen molar-refractivity contribution in [3.05, 3.63) is 22.2 Å². The number of piperazine rings is 1. The number of carbonyl (C=O) groups is 1. The zero-order chi connectivity index (χ0) is 31.2. The topological polar surface area (TPSA) is 94.8 Å². The number of anilines is 1. The number of nitriles is 1. The van der Waals surface area contributed by atoms with Gasteiger partial charge >= 0.3 is 6.09 Å². The van der Waals surface area contributed by atoms with Crippen LogP contribution in [-0.4, -0.2) is 83.4 Å². The number of ether oxygens (including phenoxy) is 2. The third-order valence-corrected chi connectivity index (χ3v) is 7.08. The molecule has 0 aliphatic carbocycles. The highest BCUT2D eigenvalue weighted by molar-refractivity contribution is 6.30. The van der Waals surface area contributed by atoms with Gasteiger partial charge in [-0.3, -0.25) is 0 Å². The fourth-order valence-electron chi connectivity index (χ4n) is 4.99. The molecule has 11 heteroatoms. The van der Waals surface area contributed by atoms with Gasteiger partial charge in [-0.15, -0.1) is 0 Å². The molecule has 3 atom stereocenters. The van der Waals surface area contributed by atoms with Gasteiger partial charge in [-0.2, -0.15) is 10.2 Å². The summed E-state index contributed by atoms with van der Waals surface area (Å²) in [5.74, 6) is 0.144. The number of rotatable bonds is 4. The van der Waals surface area contributed by atoms with Crippen molar-refractivity contribution in [1.29, 1.82) is 5.26 Å². The molecular weight excluding hydrogens is 547 g/mol. The van der Waals surface area contributed by atoms with Crippen LogP contribution in [0.5, 0.6) is 5.88 Å². The predicted octanol–water partition coefficient (Wildman–Crippen LogP) is 6.38. The Bertz CT molecular complexity index is 1260. The first-order chi connectivity index (χ1) is 19.3. The Hall–Kier alpha value is -2.90. The summed E-state index contributed by atoms with van der Waals surface area (Å²) in [5, 5.41) is 10.1. The Morgan fingerprint density at radius 1 is 1.20 bits per heavy atom. The van der Waals surface area contributed by atoms with Crippen molar-refractivity contribution in [3.63, 3.8) is 0 Å². The molecule has 2 aromatic heterocycles. The molecule has 0 N–H and O–H groups in total. The monoisotopic (exact) mass is 592 g/mol. The van der Waals surface area contributed by atoms with Crippen molar-refractivity contribution < 1.29 is 18.7 Å². The summed E-state index contributed by atoms with van der Waals surface area (Å²) in [5.41, 5.74) is 0.764. The van der Waals surface area contributed by atoms with E-state index < -0.39 is 29.7 Å². The van der Waals surface area contributed by atoms with E-state index in [2.05, 4.69) is 11.1 Å². The maximum absolute atomic E-state index is 15.5. The van der Waals surface area contributed by atoms with Crippen LogP contribution >= 0.6 is 11.6 Å². The summed E-state index contributed by atoms with van der Waals surface area (Å²) < 4.78 is 27.4. The quantitative estimate of drug-likeness (QED) is 0.378. The fraction of sp³-hybridized carbons (Fsp3) is 0.667. The van der Waals surface area contributed by atoms with Crippen molar-refractivity contribution in [2.45, 2.75) is 98.9 Å². The van der Waals surface area contributed by atoms with Crippen LogP contribution in [-0.2, 0) is 11.2 Å². The lowest BCUT2D eigenvalue weighted by molar-refractivity contribution is 0.00600. The summed E-state index contributed by atoms with van der Waals surface area (Å²) in [6.45, 7) is 18.4. The van der Waals surface area contributed by atoms with Crippen molar-refractivity contribution in [3.8, 4) is 11.9 Å². The average molecular weight is 593 g/mol. The zero-order valence-electron chi connectivity index (χ0n) is 26.4. The Labute approximate surface area is 249 Å². The third kappa shape index (κ3) is 7.49. The van der Waals surface area contributed by atoms with E-state index in [1.165, 1.54) is 0 Å². The summed E-state index contributed by atoms with van der Waals surface area (Å²) >= 11 is 6.23. The molecule has 41 heavy (non-hydrogen) atoms. The SMILES string of the molecule is CC.CC.Cc1c(CCN(C)C)nc2c3c(nc(Cl)c(F)c13)OC(C)C1CN(C(=O)OC(C)(C)C)C(CC#N)CN21. The first-order valence-corrected chi connectivity index (χ1v) is 14.8. The van der Waals surface area contributed by atoms with Crippen LogP contribution in [0.2, 0.25) is 5.15 Å². The molecule has 1 amide bonds. The third-order valence-electron chi connectivity index (χ3n) is 6.83. The molecule has 0 bridgehead atoms. The van der Waals surface area contributed by atoms with Gasteiger partial charge in [0, 0.05) is 37.1 Å². The van der Waals surface area contributed by atoms with Gasteiger partial charge in [0.15, 0.2) is 11.0 Å². The number of likely N-dealkylation sites (N-methyl/N-ethyl adjacent to an activating group) is 1. The molecule has 4 rings (SSSR count). The molecule has 1 saturated heterocycles. The lowest BCUT2D eigenvalue weighted by Crippen LogP contribution is -2.63. The Balaban J connectivity index is 0.00000141. The van der Waals surface area contributed by atoms with E-state index in [4.69, 9.17) is 26.1 Å². The number of amides is 1. The van der Waals surface area contributed by atoms with Gasteiger partial charge in [-0.1, -0.05) is 39.3 Å². The van der Waals surface area contributed by atoms with Gasteiger partial charge in [-0.05, 0) is 54.3 Å². The molecule has 228 valence electrons. The zero-order valence-corrected chi connectivity index (χ0v) is 27.2. The molecule has 0 spiro atoms. The first kappa shape index (κ1) is 34.3. The number of hydrogen-bond donors (Lipinski definition) is 0. The lowest BCUT2D eigenvalue weighted by Gasteiger charge is -2.47. The molecule has 9 nitrogen and oxygen atoms in total. The van der Waals surface area contributed by atoms with E-state index in [1.807, 2.05) is 65.4 Å². The maximum atomic E-state index is 15.5. The molecule has 4 heterocycles. The number of fused-ring (bicyclic) bond motifs is 2. The number of hydrogen-bond acceptors (Lipinski definition) is 8. The van der Waals surface area contributed by atoms with E-state index in [0.29, 0.717) is 35.1 Å². The minimum absolute atomic E-state index is 0.111. The van der Waals surface area contributed by atoms with Crippen LogP contribution < -0.4 is 9.64 Å². The minimum atomic E-state index is -0.683. The molecule has 3 unspecified atom stereocenters. The van der Waals surface area contributed by atoms with Crippen LogP contribution in [0.4, 0.5) is 15.0 Å². The lowest BCUT2D eigenvalue weighted by atomic mass is 9.99. The van der Waals surface area contributed by atoms with Crippen LogP contribution in [0.1, 0.15) is 73.1 Å². The average Bonchev–Trinajstić information content (AvgIpc) is 3.02. The number of halogens is 2. The van der Waals surface area contributed by atoms with E-state index in [-0.39, 0.29) is 30.0 Å². The van der Waals surface area contributed by atoms with Crippen LogP contribution in [0.25, 0.3) is 10.8 Å². The maximum Gasteiger partial charge on any atom is 0.410 e. The van der Waals surface area contributed by atoms with Gasteiger partial charge in [0.25, 0.3) is 0 Å². The predicted molar refractivity (Wildman–Crippen MR) is 162 cm³/mol.